The second kappa shape index (κ2) is 4.30. The molecular weight excluding hydrogens is 156 g/mol. The molecule has 0 aliphatic carbocycles. The Morgan fingerprint density at radius 1 is 1.67 bits per heavy atom. The smallest absolute Gasteiger partial charge is 0.407 e. The molecule has 1 fully saturated rings. The zero-order valence-electron chi connectivity index (χ0n) is 7.59. The summed E-state index contributed by atoms with van der Waals surface area (Å²) in [5.41, 5.74) is 0. The first-order valence-corrected chi connectivity index (χ1v) is 4.38. The van der Waals surface area contributed by atoms with E-state index in [1.807, 2.05) is 0 Å². The van der Waals surface area contributed by atoms with Gasteiger partial charge in [-0.15, -0.1) is 0 Å². The van der Waals surface area contributed by atoms with Gasteiger partial charge in [0.05, 0.1) is 6.61 Å². The lowest BCUT2D eigenvalue weighted by molar-refractivity contribution is 0.147. The van der Waals surface area contributed by atoms with Gasteiger partial charge in [-0.3, -0.25) is 0 Å². The summed E-state index contributed by atoms with van der Waals surface area (Å²) in [7, 11) is 0. The lowest BCUT2D eigenvalue weighted by atomic mass is 10.1. The highest BCUT2D eigenvalue weighted by Crippen LogP contribution is 2.06. The van der Waals surface area contributed by atoms with E-state index in [-0.39, 0.29) is 12.1 Å². The lowest BCUT2D eigenvalue weighted by Crippen LogP contribution is -2.39. The Kier molecular flexibility index (Phi) is 3.34. The van der Waals surface area contributed by atoms with Crippen molar-refractivity contribution < 1.29 is 9.53 Å². The first kappa shape index (κ1) is 9.32. The van der Waals surface area contributed by atoms with E-state index in [0.29, 0.717) is 12.5 Å². The van der Waals surface area contributed by atoms with Crippen molar-refractivity contribution in [1.82, 2.24) is 10.6 Å². The fourth-order valence-electron chi connectivity index (χ4n) is 1.33. The van der Waals surface area contributed by atoms with E-state index in [1.165, 1.54) is 0 Å². The SMILES string of the molecule is CCOC(=O)NC1CNCC1C. The fraction of sp³-hybridized carbons (Fsp3) is 0.875. The minimum atomic E-state index is -0.307. The molecule has 0 bridgehead atoms. The van der Waals surface area contributed by atoms with Crippen molar-refractivity contribution >= 4 is 6.09 Å². The van der Waals surface area contributed by atoms with Crippen molar-refractivity contribution in [3.63, 3.8) is 0 Å². The number of nitrogens with one attached hydrogen (secondary N) is 2. The molecule has 0 aromatic carbocycles. The van der Waals surface area contributed by atoms with Crippen molar-refractivity contribution in [2.45, 2.75) is 19.9 Å². The molecule has 2 unspecified atom stereocenters. The monoisotopic (exact) mass is 172 g/mol. The molecule has 1 aliphatic heterocycles. The number of rotatable bonds is 2. The van der Waals surface area contributed by atoms with Gasteiger partial charge in [-0.25, -0.2) is 4.79 Å². The van der Waals surface area contributed by atoms with Crippen molar-refractivity contribution in [2.75, 3.05) is 19.7 Å². The van der Waals surface area contributed by atoms with Crippen LogP contribution in [0.1, 0.15) is 13.8 Å². The van der Waals surface area contributed by atoms with E-state index in [2.05, 4.69) is 17.6 Å². The summed E-state index contributed by atoms with van der Waals surface area (Å²) >= 11 is 0. The molecule has 1 rings (SSSR count). The van der Waals surface area contributed by atoms with Gasteiger partial charge in [0.1, 0.15) is 0 Å². The van der Waals surface area contributed by atoms with E-state index >= 15 is 0 Å². The van der Waals surface area contributed by atoms with Crippen LogP contribution >= 0.6 is 0 Å². The summed E-state index contributed by atoms with van der Waals surface area (Å²) in [5, 5.41) is 6.01. The Labute approximate surface area is 72.7 Å². The van der Waals surface area contributed by atoms with E-state index in [0.717, 1.165) is 13.1 Å². The van der Waals surface area contributed by atoms with Crippen molar-refractivity contribution in [2.24, 2.45) is 5.92 Å². The predicted octanol–water partition coefficient (Wildman–Crippen LogP) is 0.340. The van der Waals surface area contributed by atoms with Crippen LogP contribution in [0.5, 0.6) is 0 Å². The van der Waals surface area contributed by atoms with E-state index < -0.39 is 0 Å². The average Bonchev–Trinajstić information content (AvgIpc) is 2.37. The van der Waals surface area contributed by atoms with Crippen molar-refractivity contribution in [1.29, 1.82) is 0 Å². The molecular formula is C8H16N2O2. The maximum absolute atomic E-state index is 11.0. The van der Waals surface area contributed by atoms with Crippen LogP contribution in [0.4, 0.5) is 4.79 Å². The second-order valence-corrected chi connectivity index (χ2v) is 3.11. The molecule has 2 N–H and O–H groups in total. The van der Waals surface area contributed by atoms with Crippen LogP contribution in [0.2, 0.25) is 0 Å². The van der Waals surface area contributed by atoms with Crippen LogP contribution in [0.3, 0.4) is 0 Å². The highest BCUT2D eigenvalue weighted by atomic mass is 16.5. The molecule has 0 aromatic heterocycles. The Morgan fingerprint density at radius 2 is 2.42 bits per heavy atom. The molecule has 0 radical (unpaired) electrons. The molecule has 1 amide bonds. The number of ether oxygens (including phenoxy) is 1. The molecule has 1 saturated heterocycles. The summed E-state index contributed by atoms with van der Waals surface area (Å²) < 4.78 is 4.77. The van der Waals surface area contributed by atoms with Gasteiger partial charge in [0, 0.05) is 12.6 Å². The van der Waals surface area contributed by atoms with Crippen molar-refractivity contribution in [3.8, 4) is 0 Å². The van der Waals surface area contributed by atoms with Crippen LogP contribution in [0.25, 0.3) is 0 Å². The highest BCUT2D eigenvalue weighted by Gasteiger charge is 2.24. The van der Waals surface area contributed by atoms with E-state index in [1.54, 1.807) is 6.92 Å². The minimum absolute atomic E-state index is 0.226. The molecule has 1 heterocycles. The average molecular weight is 172 g/mol. The van der Waals surface area contributed by atoms with Crippen LogP contribution in [0, 0.1) is 5.92 Å². The van der Waals surface area contributed by atoms with Gasteiger partial charge in [-0.1, -0.05) is 6.92 Å². The third-order valence-electron chi connectivity index (χ3n) is 2.10. The van der Waals surface area contributed by atoms with Gasteiger partial charge in [0.15, 0.2) is 0 Å². The quantitative estimate of drug-likeness (QED) is 0.631. The molecule has 12 heavy (non-hydrogen) atoms. The topological polar surface area (TPSA) is 50.4 Å². The van der Waals surface area contributed by atoms with E-state index in [9.17, 15) is 4.79 Å². The molecule has 4 heteroatoms. The molecule has 70 valence electrons. The summed E-state index contributed by atoms with van der Waals surface area (Å²) in [4.78, 5) is 11.0. The van der Waals surface area contributed by atoms with Gasteiger partial charge in [-0.05, 0) is 19.4 Å². The minimum Gasteiger partial charge on any atom is -0.450 e. The van der Waals surface area contributed by atoms with Crippen LogP contribution in [-0.2, 0) is 4.74 Å². The van der Waals surface area contributed by atoms with Crippen molar-refractivity contribution in [3.05, 3.63) is 0 Å². The molecule has 0 saturated carbocycles. The summed E-state index contributed by atoms with van der Waals surface area (Å²) in [6.45, 7) is 6.16. The molecule has 1 aliphatic rings. The third-order valence-corrected chi connectivity index (χ3v) is 2.10. The maximum atomic E-state index is 11.0. The van der Waals surface area contributed by atoms with Gasteiger partial charge in [0.2, 0.25) is 0 Å². The number of alkyl carbamates (subject to hydrolysis) is 1. The predicted molar refractivity (Wildman–Crippen MR) is 46.0 cm³/mol. The van der Waals surface area contributed by atoms with Crippen LogP contribution < -0.4 is 10.6 Å². The molecule has 0 spiro atoms. The number of carbonyl (C=O) groups excluding carboxylic acids is 1. The number of hydrogen-bond acceptors (Lipinski definition) is 3. The fourth-order valence-corrected chi connectivity index (χ4v) is 1.33. The van der Waals surface area contributed by atoms with Gasteiger partial charge < -0.3 is 15.4 Å². The first-order chi connectivity index (χ1) is 5.74. The largest absolute Gasteiger partial charge is 0.450 e. The third kappa shape index (κ3) is 2.37. The molecule has 2 atom stereocenters. The number of amides is 1. The van der Waals surface area contributed by atoms with Crippen LogP contribution in [-0.4, -0.2) is 31.8 Å². The Balaban J connectivity index is 2.25. The van der Waals surface area contributed by atoms with Gasteiger partial charge in [-0.2, -0.15) is 0 Å². The normalized spacial score (nSPS) is 28.5. The Morgan fingerprint density at radius 3 is 2.92 bits per heavy atom. The highest BCUT2D eigenvalue weighted by molar-refractivity contribution is 5.67. The lowest BCUT2D eigenvalue weighted by Gasteiger charge is -2.15. The standard InChI is InChI=1S/C8H16N2O2/c1-3-12-8(11)10-7-5-9-4-6(7)2/h6-7,9H,3-5H2,1-2H3,(H,10,11). The summed E-state index contributed by atoms with van der Waals surface area (Å²) in [5.74, 6) is 0.495. The van der Waals surface area contributed by atoms with E-state index in [4.69, 9.17) is 4.74 Å². The number of carbonyl (C=O) groups is 1. The first-order valence-electron chi connectivity index (χ1n) is 4.38. The van der Waals surface area contributed by atoms with Gasteiger partial charge >= 0.3 is 6.09 Å². The molecule has 0 aromatic rings. The zero-order valence-corrected chi connectivity index (χ0v) is 7.59. The number of hydrogen-bond donors (Lipinski definition) is 2. The summed E-state index contributed by atoms with van der Waals surface area (Å²) in [6, 6.07) is 0.226. The Bertz CT molecular complexity index is 161. The Hall–Kier alpha value is -0.770. The van der Waals surface area contributed by atoms with Crippen LogP contribution in [0.15, 0.2) is 0 Å². The molecule has 4 nitrogen and oxygen atoms in total. The maximum Gasteiger partial charge on any atom is 0.407 e. The second-order valence-electron chi connectivity index (χ2n) is 3.11. The zero-order chi connectivity index (χ0) is 8.97. The van der Waals surface area contributed by atoms with Gasteiger partial charge in [0.25, 0.3) is 0 Å². The summed E-state index contributed by atoms with van der Waals surface area (Å²) in [6.07, 6.45) is -0.307.